The van der Waals surface area contributed by atoms with Crippen LogP contribution in [0.15, 0.2) is 82.4 Å². The molecule has 1 saturated heterocycles. The van der Waals surface area contributed by atoms with Gasteiger partial charge in [-0.25, -0.2) is 4.68 Å². The van der Waals surface area contributed by atoms with Crippen LogP contribution < -0.4 is 0 Å². The summed E-state index contributed by atoms with van der Waals surface area (Å²) in [6.45, 7) is 6.56. The molecule has 0 spiro atoms. The molecule has 0 aliphatic carbocycles. The molecule has 1 fully saturated rings. The third-order valence-corrected chi connectivity index (χ3v) is 6.02. The second-order valence-electron chi connectivity index (χ2n) is 8.22. The van der Waals surface area contributed by atoms with Crippen LogP contribution in [0.4, 0.5) is 0 Å². The van der Waals surface area contributed by atoms with E-state index in [4.69, 9.17) is 26.2 Å². The van der Waals surface area contributed by atoms with Crippen molar-refractivity contribution in [1.82, 2.24) is 19.7 Å². The zero-order chi connectivity index (χ0) is 22.6. The number of aromatic nitrogens is 2. The summed E-state index contributed by atoms with van der Waals surface area (Å²) >= 11 is 6.00. The summed E-state index contributed by atoms with van der Waals surface area (Å²) in [4.78, 5) is 2.44. The molecule has 0 unspecified atom stereocenters. The lowest BCUT2D eigenvalue weighted by Gasteiger charge is -2.33. The van der Waals surface area contributed by atoms with Gasteiger partial charge in [0.1, 0.15) is 11.5 Å². The number of para-hydroxylation sites is 1. The van der Waals surface area contributed by atoms with E-state index in [-0.39, 0.29) is 0 Å². The van der Waals surface area contributed by atoms with Crippen molar-refractivity contribution in [1.29, 1.82) is 0 Å². The molecule has 0 bridgehead atoms. The molecule has 0 saturated carbocycles. The molecule has 7 heteroatoms. The Kier molecular flexibility index (Phi) is 6.28. The molecule has 0 atom stereocenters. The lowest BCUT2D eigenvalue weighted by atomic mass is 10.2. The summed E-state index contributed by atoms with van der Waals surface area (Å²) in [6, 6.07) is 22.1. The Bertz CT molecular complexity index is 1220. The number of aryl methyl sites for hydroxylation is 1. The monoisotopic (exact) mass is 459 g/mol. The van der Waals surface area contributed by atoms with E-state index in [0.29, 0.717) is 0 Å². The molecule has 1 aliphatic rings. The minimum Gasteiger partial charge on any atom is -0.460 e. The van der Waals surface area contributed by atoms with Gasteiger partial charge in [0, 0.05) is 49.5 Å². The quantitative estimate of drug-likeness (QED) is 0.370. The van der Waals surface area contributed by atoms with Gasteiger partial charge in [0.2, 0.25) is 0 Å². The first kappa shape index (κ1) is 21.5. The fraction of sp³-hybridized carbons (Fsp3) is 0.231. The number of hydrogen-bond acceptors (Lipinski definition) is 5. The number of nitrogens with zero attached hydrogens (tertiary/aromatic N) is 5. The summed E-state index contributed by atoms with van der Waals surface area (Å²) in [7, 11) is 0. The van der Waals surface area contributed by atoms with Gasteiger partial charge in [0.15, 0.2) is 5.76 Å². The van der Waals surface area contributed by atoms with Crippen LogP contribution in [0.25, 0.3) is 17.1 Å². The minimum absolute atomic E-state index is 0.747. The molecule has 2 aromatic heterocycles. The van der Waals surface area contributed by atoms with Gasteiger partial charge in [0.05, 0.1) is 11.9 Å². The minimum atomic E-state index is 0.747. The van der Waals surface area contributed by atoms with Gasteiger partial charge in [-0.1, -0.05) is 41.9 Å². The van der Waals surface area contributed by atoms with E-state index in [1.165, 1.54) is 5.56 Å². The molecule has 168 valence electrons. The van der Waals surface area contributed by atoms with Crippen LogP contribution in [0.1, 0.15) is 16.9 Å². The molecule has 6 nitrogen and oxygen atoms in total. The van der Waals surface area contributed by atoms with Crippen molar-refractivity contribution in [2.45, 2.75) is 13.5 Å². The zero-order valence-corrected chi connectivity index (χ0v) is 19.3. The average Bonchev–Trinajstić information content (AvgIpc) is 3.47. The summed E-state index contributed by atoms with van der Waals surface area (Å²) in [6.07, 6.45) is 3.90. The van der Waals surface area contributed by atoms with Gasteiger partial charge in [-0.05, 0) is 48.9 Å². The number of halogens is 1. The summed E-state index contributed by atoms with van der Waals surface area (Å²) in [5.41, 5.74) is 3.99. The van der Waals surface area contributed by atoms with E-state index in [0.717, 1.165) is 66.2 Å². The highest BCUT2D eigenvalue weighted by molar-refractivity contribution is 6.30. The molecule has 1 aliphatic heterocycles. The van der Waals surface area contributed by atoms with Crippen molar-refractivity contribution in [2.75, 3.05) is 26.2 Å². The number of hydrogen-bond donors (Lipinski definition) is 0. The highest BCUT2D eigenvalue weighted by atomic mass is 35.5. The summed E-state index contributed by atoms with van der Waals surface area (Å²) in [5.74, 6) is 1.61. The van der Waals surface area contributed by atoms with Crippen LogP contribution in [0.5, 0.6) is 0 Å². The maximum absolute atomic E-state index is 6.00. The molecule has 0 amide bonds. The SMILES string of the molecule is Cc1ccc(-c2nn(-c3ccccc3)cc2/C=N\N2CCN(Cc3ccc(Cl)cc3)CC2)o1. The Hall–Kier alpha value is -3.35. The lowest BCUT2D eigenvalue weighted by Crippen LogP contribution is -2.43. The maximum Gasteiger partial charge on any atom is 0.155 e. The molecular formula is C26H26ClN5O. The molecule has 2 aromatic carbocycles. The molecule has 0 N–H and O–H groups in total. The Morgan fingerprint density at radius 1 is 0.970 bits per heavy atom. The third-order valence-electron chi connectivity index (χ3n) is 5.77. The molecule has 3 heterocycles. The predicted molar refractivity (Wildman–Crippen MR) is 132 cm³/mol. The number of hydrazone groups is 1. The van der Waals surface area contributed by atoms with Crippen LogP contribution in [0, 0.1) is 6.92 Å². The van der Waals surface area contributed by atoms with E-state index < -0.39 is 0 Å². The van der Waals surface area contributed by atoms with Crippen LogP contribution in [0.3, 0.4) is 0 Å². The van der Waals surface area contributed by atoms with Crippen molar-refractivity contribution in [3.63, 3.8) is 0 Å². The first-order valence-electron chi connectivity index (χ1n) is 11.1. The Labute approximate surface area is 198 Å². The number of rotatable bonds is 6. The van der Waals surface area contributed by atoms with E-state index >= 15 is 0 Å². The van der Waals surface area contributed by atoms with Gasteiger partial charge < -0.3 is 4.42 Å². The standard InChI is InChI=1S/C26H26ClN5O/c1-20-7-12-25(33-20)26-22(19-32(29-26)24-5-3-2-4-6-24)17-28-31-15-13-30(14-16-31)18-21-8-10-23(27)11-9-21/h2-12,17,19H,13-16,18H2,1H3/b28-17-. The number of piperazine rings is 1. The van der Waals surface area contributed by atoms with Crippen LogP contribution >= 0.6 is 11.6 Å². The fourth-order valence-corrected chi connectivity index (χ4v) is 4.08. The number of furan rings is 1. The van der Waals surface area contributed by atoms with Gasteiger partial charge in [0.25, 0.3) is 0 Å². The van der Waals surface area contributed by atoms with E-state index in [1.807, 2.05) is 78.6 Å². The molecule has 5 rings (SSSR count). The topological polar surface area (TPSA) is 49.8 Å². The van der Waals surface area contributed by atoms with Crippen LogP contribution in [-0.4, -0.2) is 52.1 Å². The highest BCUT2D eigenvalue weighted by Gasteiger charge is 2.17. The lowest BCUT2D eigenvalue weighted by molar-refractivity contribution is 0.131. The van der Waals surface area contributed by atoms with E-state index in [2.05, 4.69) is 22.0 Å². The van der Waals surface area contributed by atoms with Crippen molar-refractivity contribution in [3.05, 3.63) is 94.8 Å². The van der Waals surface area contributed by atoms with E-state index in [9.17, 15) is 0 Å². The first-order chi connectivity index (χ1) is 16.1. The van der Waals surface area contributed by atoms with Gasteiger partial charge >= 0.3 is 0 Å². The Morgan fingerprint density at radius 3 is 2.42 bits per heavy atom. The van der Waals surface area contributed by atoms with E-state index in [1.54, 1.807) is 0 Å². The van der Waals surface area contributed by atoms with Crippen molar-refractivity contribution < 1.29 is 4.42 Å². The van der Waals surface area contributed by atoms with Crippen LogP contribution in [0.2, 0.25) is 5.02 Å². The average molecular weight is 460 g/mol. The molecular weight excluding hydrogens is 434 g/mol. The largest absolute Gasteiger partial charge is 0.460 e. The third kappa shape index (κ3) is 5.18. The first-order valence-corrected chi connectivity index (χ1v) is 11.5. The Morgan fingerprint density at radius 2 is 1.73 bits per heavy atom. The Balaban J connectivity index is 1.29. The normalized spacial score (nSPS) is 14.9. The molecule has 4 aromatic rings. The highest BCUT2D eigenvalue weighted by Crippen LogP contribution is 2.25. The zero-order valence-electron chi connectivity index (χ0n) is 18.6. The smallest absolute Gasteiger partial charge is 0.155 e. The van der Waals surface area contributed by atoms with Gasteiger partial charge in [-0.15, -0.1) is 0 Å². The second-order valence-corrected chi connectivity index (χ2v) is 8.66. The van der Waals surface area contributed by atoms with Crippen LogP contribution in [-0.2, 0) is 6.54 Å². The van der Waals surface area contributed by atoms with Crippen molar-refractivity contribution in [3.8, 4) is 17.1 Å². The maximum atomic E-state index is 6.00. The number of benzene rings is 2. The van der Waals surface area contributed by atoms with Gasteiger partial charge in [-0.2, -0.15) is 10.2 Å². The second kappa shape index (κ2) is 9.65. The molecule has 33 heavy (non-hydrogen) atoms. The van der Waals surface area contributed by atoms with Crippen molar-refractivity contribution >= 4 is 17.8 Å². The summed E-state index contributed by atoms with van der Waals surface area (Å²) < 4.78 is 7.74. The fourth-order valence-electron chi connectivity index (χ4n) is 3.95. The molecule has 0 radical (unpaired) electrons. The predicted octanol–water partition coefficient (Wildman–Crippen LogP) is 5.25. The van der Waals surface area contributed by atoms with Crippen molar-refractivity contribution in [2.24, 2.45) is 5.10 Å². The summed E-state index contributed by atoms with van der Waals surface area (Å²) in [5, 5.41) is 12.5. The van der Waals surface area contributed by atoms with Gasteiger partial charge in [-0.3, -0.25) is 9.91 Å².